The van der Waals surface area contributed by atoms with Crippen LogP contribution in [0.2, 0.25) is 0 Å². The van der Waals surface area contributed by atoms with Gasteiger partial charge in [0, 0.05) is 12.2 Å². The van der Waals surface area contributed by atoms with E-state index in [1.165, 1.54) is 32.1 Å². The maximum atomic E-state index is 12.0. The van der Waals surface area contributed by atoms with Gasteiger partial charge in [-0.2, -0.15) is 0 Å². The monoisotopic (exact) mass is 415 g/mol. The lowest BCUT2D eigenvalue weighted by molar-refractivity contribution is -0.117. The maximum absolute atomic E-state index is 12.0. The third-order valence-electron chi connectivity index (χ3n) is 4.67. The predicted molar refractivity (Wildman–Crippen MR) is 117 cm³/mol. The first-order chi connectivity index (χ1) is 14.2. The lowest BCUT2D eigenvalue weighted by atomic mass is 9.89. The van der Waals surface area contributed by atoms with Crippen molar-refractivity contribution in [3.63, 3.8) is 0 Å². The summed E-state index contributed by atoms with van der Waals surface area (Å²) in [5.41, 5.74) is 0.926. The molecule has 1 fully saturated rings. The van der Waals surface area contributed by atoms with E-state index in [2.05, 4.69) is 16.0 Å². The van der Waals surface area contributed by atoms with Crippen molar-refractivity contribution in [2.24, 2.45) is 5.92 Å². The highest BCUT2D eigenvalue weighted by atomic mass is 16.6. The second-order valence-corrected chi connectivity index (χ2v) is 8.58. The van der Waals surface area contributed by atoms with E-state index in [9.17, 15) is 14.4 Å². The first-order valence-corrected chi connectivity index (χ1v) is 10.5. The topological polar surface area (TPSA) is 96.5 Å². The number of hydrogen-bond acceptors (Lipinski definition) is 4. The SMILES string of the molecule is CC(C)(C)OC(=O)NCC(=O)Nc1ccc(CNC(=O)/C=C/C2CCCCC2)cc1. The standard InChI is InChI=1S/C23H33N3O4/c1-23(2,3)30-22(29)25-16-21(28)26-19-12-9-18(10-13-19)15-24-20(27)14-11-17-7-5-4-6-8-17/h9-14,17H,4-8,15-16H2,1-3H3,(H,24,27)(H,25,29)(H,26,28)/b14-11+. The van der Waals surface area contributed by atoms with Crippen LogP contribution in [0.3, 0.4) is 0 Å². The molecule has 1 aromatic rings. The summed E-state index contributed by atoms with van der Waals surface area (Å²) in [7, 11) is 0. The van der Waals surface area contributed by atoms with Gasteiger partial charge < -0.3 is 20.7 Å². The van der Waals surface area contributed by atoms with Gasteiger partial charge in [-0.3, -0.25) is 9.59 Å². The molecule has 1 aromatic carbocycles. The molecule has 0 atom stereocenters. The third kappa shape index (κ3) is 9.58. The van der Waals surface area contributed by atoms with Gasteiger partial charge in [-0.05, 0) is 63.3 Å². The Morgan fingerprint density at radius 3 is 2.33 bits per heavy atom. The molecule has 0 aromatic heterocycles. The van der Waals surface area contributed by atoms with Crippen LogP contribution in [0, 0.1) is 5.92 Å². The molecule has 7 heteroatoms. The number of carbonyl (C=O) groups is 3. The minimum absolute atomic E-state index is 0.0915. The van der Waals surface area contributed by atoms with Crippen LogP contribution in [0.1, 0.15) is 58.4 Å². The molecule has 0 unspecified atom stereocenters. The average molecular weight is 416 g/mol. The average Bonchev–Trinajstić information content (AvgIpc) is 2.70. The van der Waals surface area contributed by atoms with E-state index in [4.69, 9.17) is 4.74 Å². The normalized spacial score (nSPS) is 14.9. The van der Waals surface area contributed by atoms with Crippen LogP contribution in [-0.2, 0) is 20.9 Å². The Kier molecular flexibility index (Phi) is 8.89. The van der Waals surface area contributed by atoms with E-state index in [1.54, 1.807) is 39.0 Å². The number of anilines is 1. The molecule has 0 saturated heterocycles. The molecule has 0 bridgehead atoms. The Hall–Kier alpha value is -2.83. The van der Waals surface area contributed by atoms with Crippen molar-refractivity contribution in [2.75, 3.05) is 11.9 Å². The third-order valence-corrected chi connectivity index (χ3v) is 4.67. The van der Waals surface area contributed by atoms with E-state index in [1.807, 2.05) is 18.2 Å². The van der Waals surface area contributed by atoms with Gasteiger partial charge in [0.15, 0.2) is 0 Å². The van der Waals surface area contributed by atoms with Gasteiger partial charge in [0.2, 0.25) is 11.8 Å². The summed E-state index contributed by atoms with van der Waals surface area (Å²) in [5.74, 6) is 0.0816. The molecule has 0 radical (unpaired) electrons. The number of nitrogens with one attached hydrogen (secondary N) is 3. The van der Waals surface area contributed by atoms with Crippen molar-refractivity contribution in [3.05, 3.63) is 42.0 Å². The minimum atomic E-state index is -0.638. The highest BCUT2D eigenvalue weighted by Crippen LogP contribution is 2.24. The van der Waals surface area contributed by atoms with Crippen molar-refractivity contribution in [2.45, 2.75) is 65.0 Å². The zero-order valence-electron chi connectivity index (χ0n) is 18.1. The van der Waals surface area contributed by atoms with Crippen LogP contribution in [0.5, 0.6) is 0 Å². The van der Waals surface area contributed by atoms with Crippen LogP contribution in [0.4, 0.5) is 10.5 Å². The van der Waals surface area contributed by atoms with Gasteiger partial charge in [-0.1, -0.05) is 37.5 Å². The van der Waals surface area contributed by atoms with Crippen molar-refractivity contribution in [1.29, 1.82) is 0 Å². The molecule has 164 valence electrons. The molecule has 0 heterocycles. The van der Waals surface area contributed by atoms with Gasteiger partial charge >= 0.3 is 6.09 Å². The highest BCUT2D eigenvalue weighted by Gasteiger charge is 2.16. The number of amides is 3. The molecule has 3 amide bonds. The molecule has 1 saturated carbocycles. The molecular formula is C23H33N3O4. The molecule has 30 heavy (non-hydrogen) atoms. The molecule has 0 spiro atoms. The highest BCUT2D eigenvalue weighted by molar-refractivity contribution is 5.93. The summed E-state index contributed by atoms with van der Waals surface area (Å²) in [5, 5.41) is 7.99. The summed E-state index contributed by atoms with van der Waals surface area (Å²) in [6, 6.07) is 7.18. The summed E-state index contributed by atoms with van der Waals surface area (Å²) >= 11 is 0. The van der Waals surface area contributed by atoms with E-state index in [0.29, 0.717) is 18.2 Å². The van der Waals surface area contributed by atoms with E-state index >= 15 is 0 Å². The predicted octanol–water partition coefficient (Wildman–Crippen LogP) is 3.90. The molecule has 2 rings (SSSR count). The van der Waals surface area contributed by atoms with Crippen LogP contribution in [0.15, 0.2) is 36.4 Å². The van der Waals surface area contributed by atoms with E-state index in [-0.39, 0.29) is 18.4 Å². The number of hydrogen-bond donors (Lipinski definition) is 3. The Morgan fingerprint density at radius 2 is 1.70 bits per heavy atom. The lowest BCUT2D eigenvalue weighted by Crippen LogP contribution is -2.37. The number of carbonyl (C=O) groups excluding carboxylic acids is 3. The quantitative estimate of drug-likeness (QED) is 0.589. The van der Waals surface area contributed by atoms with Crippen LogP contribution in [-0.4, -0.2) is 30.1 Å². The van der Waals surface area contributed by atoms with E-state index in [0.717, 1.165) is 5.56 Å². The lowest BCUT2D eigenvalue weighted by Gasteiger charge is -2.19. The number of ether oxygens (including phenoxy) is 1. The van der Waals surface area contributed by atoms with Gasteiger partial charge in [0.25, 0.3) is 0 Å². The Morgan fingerprint density at radius 1 is 1.03 bits per heavy atom. The van der Waals surface area contributed by atoms with Gasteiger partial charge in [-0.15, -0.1) is 0 Å². The van der Waals surface area contributed by atoms with E-state index < -0.39 is 11.7 Å². The summed E-state index contributed by atoms with van der Waals surface area (Å²) in [4.78, 5) is 35.5. The van der Waals surface area contributed by atoms with Crippen molar-refractivity contribution in [3.8, 4) is 0 Å². The Balaban J connectivity index is 1.70. The van der Waals surface area contributed by atoms with Crippen molar-refractivity contribution in [1.82, 2.24) is 10.6 Å². The first kappa shape index (κ1) is 23.4. The summed E-state index contributed by atoms with van der Waals surface area (Å²) in [6.45, 7) is 5.50. The number of alkyl carbamates (subject to hydrolysis) is 1. The Labute approximate surface area is 178 Å². The smallest absolute Gasteiger partial charge is 0.408 e. The Bertz CT molecular complexity index is 745. The van der Waals surface area contributed by atoms with Gasteiger partial charge in [0.1, 0.15) is 12.1 Å². The molecule has 7 nitrogen and oxygen atoms in total. The van der Waals surface area contributed by atoms with Crippen molar-refractivity contribution >= 4 is 23.6 Å². The van der Waals surface area contributed by atoms with Crippen LogP contribution in [0.25, 0.3) is 0 Å². The minimum Gasteiger partial charge on any atom is -0.444 e. The summed E-state index contributed by atoms with van der Waals surface area (Å²) in [6.07, 6.45) is 9.16. The fraction of sp³-hybridized carbons (Fsp3) is 0.522. The maximum Gasteiger partial charge on any atom is 0.408 e. The zero-order chi connectivity index (χ0) is 22.0. The van der Waals surface area contributed by atoms with Gasteiger partial charge in [0.05, 0.1) is 0 Å². The molecule has 1 aliphatic rings. The number of rotatable bonds is 7. The fourth-order valence-electron chi connectivity index (χ4n) is 3.18. The fourth-order valence-corrected chi connectivity index (χ4v) is 3.18. The van der Waals surface area contributed by atoms with Crippen molar-refractivity contribution < 1.29 is 19.1 Å². The second-order valence-electron chi connectivity index (χ2n) is 8.58. The number of allylic oxidation sites excluding steroid dienone is 1. The van der Waals surface area contributed by atoms with Gasteiger partial charge in [-0.25, -0.2) is 4.79 Å². The summed E-state index contributed by atoms with van der Waals surface area (Å²) < 4.78 is 5.08. The molecule has 0 aliphatic heterocycles. The van der Waals surface area contributed by atoms with Crippen LogP contribution >= 0.6 is 0 Å². The molecular weight excluding hydrogens is 382 g/mol. The first-order valence-electron chi connectivity index (χ1n) is 10.5. The zero-order valence-corrected chi connectivity index (χ0v) is 18.1. The van der Waals surface area contributed by atoms with Crippen LogP contribution < -0.4 is 16.0 Å². The number of benzene rings is 1. The molecule has 3 N–H and O–H groups in total. The second kappa shape index (κ2) is 11.4. The molecule has 1 aliphatic carbocycles. The largest absolute Gasteiger partial charge is 0.444 e.